The van der Waals surface area contributed by atoms with Gasteiger partial charge in [-0.05, 0) is 12.8 Å². The van der Waals surface area contributed by atoms with Crippen LogP contribution in [0.3, 0.4) is 0 Å². The predicted molar refractivity (Wildman–Crippen MR) is 30.0 cm³/mol. The van der Waals surface area contributed by atoms with Gasteiger partial charge in [-0.25, -0.2) is 0 Å². The summed E-state index contributed by atoms with van der Waals surface area (Å²) in [6.45, 7) is 0.914. The van der Waals surface area contributed by atoms with Crippen molar-refractivity contribution in [3.8, 4) is 0 Å². The molecule has 0 bridgehead atoms. The van der Waals surface area contributed by atoms with Crippen molar-refractivity contribution in [3.05, 3.63) is 0 Å². The smallest absolute Gasteiger partial charge is 0.116 e. The molecule has 42 valence electrons. The lowest BCUT2D eigenvalue weighted by molar-refractivity contribution is -0.0342. The van der Waals surface area contributed by atoms with Crippen LogP contribution in [0, 0.1) is 0 Å². The van der Waals surface area contributed by atoms with Gasteiger partial charge in [0.1, 0.15) is 6.29 Å². The maximum absolute atomic E-state index is 5.14. The molecule has 0 radical (unpaired) electrons. The van der Waals surface area contributed by atoms with Gasteiger partial charge in [-0.2, -0.15) is 0 Å². The Morgan fingerprint density at radius 1 is 1.71 bits per heavy atom. The molecule has 1 fully saturated rings. The molecule has 0 amide bonds. The van der Waals surface area contributed by atoms with Gasteiger partial charge in [-0.3, -0.25) is 0 Å². The Kier molecular flexibility index (Phi) is 1.71. The van der Waals surface area contributed by atoms with E-state index >= 15 is 0 Å². The van der Waals surface area contributed by atoms with E-state index in [0.717, 1.165) is 13.0 Å². The molecule has 0 aromatic heterocycles. The first-order valence-electron chi connectivity index (χ1n) is 2.17. The normalized spacial score (nSPS) is 31.3. The van der Waals surface area contributed by atoms with Gasteiger partial charge in [0.2, 0.25) is 0 Å². The van der Waals surface area contributed by atoms with Gasteiger partial charge < -0.3 is 9.39 Å². The Hall–Kier alpha value is -0.0151. The van der Waals surface area contributed by atoms with Crippen LogP contribution in [-0.4, -0.2) is 20.9 Å². The van der Waals surface area contributed by atoms with E-state index in [-0.39, 0.29) is 14.3 Å². The van der Waals surface area contributed by atoms with Crippen LogP contribution < -0.4 is 0 Å². The topological polar surface area (TPSA) is 18.5 Å². The quantitative estimate of drug-likeness (QED) is 0.411. The Morgan fingerprint density at radius 3 is 2.86 bits per heavy atom. The van der Waals surface area contributed by atoms with Crippen LogP contribution in [0.5, 0.6) is 0 Å². The molecule has 7 heavy (non-hydrogen) atoms. The van der Waals surface area contributed by atoms with Crippen molar-refractivity contribution >= 4 is 8.05 Å². The number of rotatable bonds is 1. The molecule has 1 unspecified atom stereocenters. The molecule has 1 aliphatic rings. The SMILES string of the molecule is [BH3-]OC1CCCO1. The lowest BCUT2D eigenvalue weighted by Crippen LogP contribution is -2.06. The fraction of sp³-hybridized carbons (Fsp3) is 1.00. The number of hydrogen-bond acceptors (Lipinski definition) is 2. The predicted octanol–water partition coefficient (Wildman–Crippen LogP) is -0.580. The molecule has 1 heterocycles. The molecular formula is C4H10BO2-. The highest BCUT2D eigenvalue weighted by molar-refractivity contribution is 5.98. The zero-order valence-corrected chi connectivity index (χ0v) is 3.52. The van der Waals surface area contributed by atoms with Gasteiger partial charge >= 0.3 is 0 Å². The molecule has 0 saturated carbocycles. The molecule has 1 rings (SSSR count). The zero-order chi connectivity index (χ0) is 5.11. The molecule has 0 aromatic rings. The van der Waals surface area contributed by atoms with E-state index in [4.69, 9.17) is 9.39 Å². The summed E-state index contributed by atoms with van der Waals surface area (Å²) in [5, 5.41) is 0. The van der Waals surface area contributed by atoms with Crippen LogP contribution >= 0.6 is 0 Å². The van der Waals surface area contributed by atoms with Crippen LogP contribution in [-0.2, 0) is 9.39 Å². The molecular weight excluding hydrogens is 90.9 g/mol. The highest BCUT2D eigenvalue weighted by atomic mass is 16.7. The second-order valence-electron chi connectivity index (χ2n) is 1.44. The van der Waals surface area contributed by atoms with Gasteiger partial charge in [-0.15, -0.1) is 0 Å². The van der Waals surface area contributed by atoms with Gasteiger partial charge in [0, 0.05) is 6.61 Å². The van der Waals surface area contributed by atoms with Crippen molar-refractivity contribution in [2.75, 3.05) is 6.61 Å². The highest BCUT2D eigenvalue weighted by Crippen LogP contribution is 2.10. The summed E-state index contributed by atoms with van der Waals surface area (Å²) in [5.74, 6) is 0. The number of hydrogen-bond donors (Lipinski definition) is 0. The van der Waals surface area contributed by atoms with E-state index in [1.165, 1.54) is 6.42 Å². The molecule has 1 aliphatic heterocycles. The van der Waals surface area contributed by atoms with Crippen LogP contribution in [0.25, 0.3) is 0 Å². The monoisotopic (exact) mass is 101 g/mol. The van der Waals surface area contributed by atoms with Gasteiger partial charge in [0.15, 0.2) is 0 Å². The Labute approximate surface area is 44.2 Å². The fourth-order valence-corrected chi connectivity index (χ4v) is 0.548. The van der Waals surface area contributed by atoms with Crippen molar-refractivity contribution < 1.29 is 9.39 Å². The van der Waals surface area contributed by atoms with Gasteiger partial charge in [-0.1, -0.05) is 0 Å². The standard InChI is InChI=1S/C4H10BO2/c5-7-4-2-1-3-6-4/h4H,1-3H2,5H3/q-1. The maximum Gasteiger partial charge on any atom is 0.116 e. The summed E-state index contributed by atoms with van der Waals surface area (Å²) in [4.78, 5) is 0. The molecule has 0 spiro atoms. The Morgan fingerprint density at radius 2 is 2.57 bits per heavy atom. The first kappa shape index (κ1) is 5.13. The molecule has 0 N–H and O–H groups in total. The van der Waals surface area contributed by atoms with Crippen molar-refractivity contribution in [3.63, 3.8) is 0 Å². The highest BCUT2D eigenvalue weighted by Gasteiger charge is 2.09. The summed E-state index contributed by atoms with van der Waals surface area (Å²) >= 11 is 0. The molecule has 1 atom stereocenters. The summed E-state index contributed by atoms with van der Waals surface area (Å²) in [6.07, 6.45) is 2.53. The second-order valence-corrected chi connectivity index (χ2v) is 1.44. The minimum absolute atomic E-state index is 0.110. The maximum atomic E-state index is 5.14. The molecule has 0 aromatic carbocycles. The fourth-order valence-electron chi connectivity index (χ4n) is 0.548. The lowest BCUT2D eigenvalue weighted by atomic mass is 10.3. The van der Waals surface area contributed by atoms with Crippen LogP contribution in [0.1, 0.15) is 12.8 Å². The second kappa shape index (κ2) is 2.33. The van der Waals surface area contributed by atoms with Crippen molar-refractivity contribution in [1.29, 1.82) is 0 Å². The Bertz CT molecular complexity index is 51.7. The minimum Gasteiger partial charge on any atom is -0.577 e. The van der Waals surface area contributed by atoms with E-state index in [1.807, 2.05) is 0 Å². The minimum atomic E-state index is 0.110. The van der Waals surface area contributed by atoms with E-state index < -0.39 is 0 Å². The lowest BCUT2D eigenvalue weighted by Gasteiger charge is -2.10. The average Bonchev–Trinajstić information content (AvgIpc) is 2.14. The average molecular weight is 101 g/mol. The van der Waals surface area contributed by atoms with E-state index in [1.54, 1.807) is 0 Å². The van der Waals surface area contributed by atoms with Crippen molar-refractivity contribution in [2.45, 2.75) is 19.1 Å². The van der Waals surface area contributed by atoms with E-state index in [0.29, 0.717) is 0 Å². The molecule has 1 saturated heterocycles. The first-order valence-corrected chi connectivity index (χ1v) is 2.17. The third-order valence-electron chi connectivity index (χ3n) is 0.888. The van der Waals surface area contributed by atoms with Crippen molar-refractivity contribution in [2.24, 2.45) is 0 Å². The largest absolute Gasteiger partial charge is 0.577 e. The molecule has 2 nitrogen and oxygen atoms in total. The molecule has 3 heteroatoms. The van der Waals surface area contributed by atoms with Crippen LogP contribution in [0.15, 0.2) is 0 Å². The van der Waals surface area contributed by atoms with Gasteiger partial charge in [0.05, 0.1) is 8.05 Å². The summed E-state index contributed by atoms with van der Waals surface area (Å²) in [5.41, 5.74) is 0. The zero-order valence-electron chi connectivity index (χ0n) is 3.52. The van der Waals surface area contributed by atoms with Crippen LogP contribution in [0.4, 0.5) is 0 Å². The van der Waals surface area contributed by atoms with E-state index in [2.05, 4.69) is 0 Å². The Balaban J connectivity index is 2.14. The summed E-state index contributed by atoms with van der Waals surface area (Å²) in [7, 11) is 0.110. The van der Waals surface area contributed by atoms with Crippen molar-refractivity contribution in [1.82, 2.24) is 0 Å². The first-order chi connectivity index (χ1) is 3.43. The third-order valence-corrected chi connectivity index (χ3v) is 0.888. The van der Waals surface area contributed by atoms with E-state index in [9.17, 15) is 0 Å². The summed E-state index contributed by atoms with van der Waals surface area (Å²) in [6, 6.07) is 0. The van der Waals surface area contributed by atoms with Crippen LogP contribution in [0.2, 0.25) is 0 Å². The molecule has 0 aliphatic carbocycles. The summed E-state index contributed by atoms with van der Waals surface area (Å²) < 4.78 is 10.3. The van der Waals surface area contributed by atoms with Gasteiger partial charge in [0.25, 0.3) is 0 Å². The number of ether oxygens (including phenoxy) is 1. The third kappa shape index (κ3) is 1.18.